The van der Waals surface area contributed by atoms with Gasteiger partial charge in [0.05, 0.1) is 12.7 Å². The minimum Gasteiger partial charge on any atom is -0.372 e. The van der Waals surface area contributed by atoms with Crippen LogP contribution in [-0.4, -0.2) is 18.7 Å². The zero-order chi connectivity index (χ0) is 10.8. The molecule has 0 amide bonds. The van der Waals surface area contributed by atoms with Gasteiger partial charge in [-0.2, -0.15) is 0 Å². The van der Waals surface area contributed by atoms with Crippen molar-refractivity contribution in [2.45, 2.75) is 38.0 Å². The third-order valence-electron chi connectivity index (χ3n) is 3.65. The first kappa shape index (κ1) is 10.3. The summed E-state index contributed by atoms with van der Waals surface area (Å²) in [5, 5.41) is 3.58. The van der Waals surface area contributed by atoms with Crippen LogP contribution in [0.25, 0.3) is 0 Å². The second-order valence-electron chi connectivity index (χ2n) is 4.94. The van der Waals surface area contributed by atoms with Crippen LogP contribution >= 0.6 is 0 Å². The lowest BCUT2D eigenvalue weighted by Gasteiger charge is -2.19. The van der Waals surface area contributed by atoms with Crippen LogP contribution in [0.3, 0.4) is 0 Å². The Hall–Kier alpha value is -0.860. The number of hydrogen-bond acceptors (Lipinski definition) is 2. The van der Waals surface area contributed by atoms with Crippen molar-refractivity contribution in [2.24, 2.45) is 5.92 Å². The van der Waals surface area contributed by atoms with Gasteiger partial charge in [-0.25, -0.2) is 0 Å². The lowest BCUT2D eigenvalue weighted by molar-refractivity contribution is 0.0283. The molecule has 0 aromatic heterocycles. The van der Waals surface area contributed by atoms with E-state index in [0.29, 0.717) is 12.1 Å². The number of benzene rings is 1. The summed E-state index contributed by atoms with van der Waals surface area (Å²) in [7, 11) is 0. The van der Waals surface area contributed by atoms with Gasteiger partial charge in [-0.1, -0.05) is 30.3 Å². The fraction of sp³-hybridized carbons (Fsp3) is 0.571. The van der Waals surface area contributed by atoms with Crippen molar-refractivity contribution in [1.82, 2.24) is 5.32 Å². The second kappa shape index (κ2) is 4.56. The van der Waals surface area contributed by atoms with E-state index in [-0.39, 0.29) is 0 Å². The molecule has 2 atom stereocenters. The van der Waals surface area contributed by atoms with Gasteiger partial charge in [-0.05, 0) is 37.3 Å². The van der Waals surface area contributed by atoms with Gasteiger partial charge in [0.1, 0.15) is 0 Å². The molecule has 1 aromatic rings. The summed E-state index contributed by atoms with van der Waals surface area (Å²) in [6.45, 7) is 1.89. The van der Waals surface area contributed by atoms with Crippen molar-refractivity contribution < 1.29 is 4.74 Å². The van der Waals surface area contributed by atoms with Crippen LogP contribution in [0.4, 0.5) is 0 Å². The van der Waals surface area contributed by atoms with Crippen LogP contribution in [0.15, 0.2) is 30.3 Å². The Kier molecular flexibility index (Phi) is 2.94. The van der Waals surface area contributed by atoms with E-state index in [1.165, 1.54) is 24.8 Å². The maximum Gasteiger partial charge on any atom is 0.0747 e. The first-order valence-corrected chi connectivity index (χ1v) is 6.32. The van der Waals surface area contributed by atoms with Gasteiger partial charge < -0.3 is 10.1 Å². The Balaban J connectivity index is 1.54. The molecule has 1 heterocycles. The molecule has 3 rings (SSSR count). The average Bonchev–Trinajstić information content (AvgIpc) is 3.07. The molecular weight excluding hydrogens is 198 g/mol. The standard InChI is InChI=1S/C14H19NO/c1-2-4-11(5-3-1)10-16-13-8-9-15-14(13)12-6-7-12/h1-5,12-15H,6-10H2. The average molecular weight is 217 g/mol. The fourth-order valence-electron chi connectivity index (χ4n) is 2.59. The van der Waals surface area contributed by atoms with Crippen molar-refractivity contribution >= 4 is 0 Å². The SMILES string of the molecule is c1ccc(COC2CCNC2C2CC2)cc1. The maximum absolute atomic E-state index is 6.04. The number of ether oxygens (including phenoxy) is 1. The predicted octanol–water partition coefficient (Wildman–Crippen LogP) is 2.34. The van der Waals surface area contributed by atoms with E-state index in [4.69, 9.17) is 4.74 Å². The lowest BCUT2D eigenvalue weighted by Crippen LogP contribution is -2.34. The van der Waals surface area contributed by atoms with E-state index in [2.05, 4.69) is 29.6 Å². The summed E-state index contributed by atoms with van der Waals surface area (Å²) in [5.74, 6) is 0.892. The summed E-state index contributed by atoms with van der Waals surface area (Å²) in [5.41, 5.74) is 1.28. The van der Waals surface area contributed by atoms with Crippen LogP contribution < -0.4 is 5.32 Å². The summed E-state index contributed by atoms with van der Waals surface area (Å²) in [4.78, 5) is 0. The maximum atomic E-state index is 6.04. The minimum atomic E-state index is 0.438. The van der Waals surface area contributed by atoms with Crippen molar-refractivity contribution in [3.63, 3.8) is 0 Å². The van der Waals surface area contributed by atoms with Gasteiger partial charge in [0.25, 0.3) is 0 Å². The topological polar surface area (TPSA) is 21.3 Å². The van der Waals surface area contributed by atoms with Crippen molar-refractivity contribution in [3.8, 4) is 0 Å². The molecule has 86 valence electrons. The molecule has 1 aliphatic heterocycles. The molecular formula is C14H19NO. The van der Waals surface area contributed by atoms with E-state index in [1.807, 2.05) is 6.07 Å². The molecule has 1 saturated carbocycles. The monoisotopic (exact) mass is 217 g/mol. The Morgan fingerprint density at radius 3 is 2.69 bits per heavy atom. The molecule has 2 fully saturated rings. The largest absolute Gasteiger partial charge is 0.372 e. The van der Waals surface area contributed by atoms with Crippen molar-refractivity contribution in [3.05, 3.63) is 35.9 Å². The molecule has 2 nitrogen and oxygen atoms in total. The summed E-state index contributed by atoms with van der Waals surface area (Å²) >= 11 is 0. The molecule has 0 bridgehead atoms. The first-order chi connectivity index (χ1) is 7.93. The molecule has 0 radical (unpaired) electrons. The van der Waals surface area contributed by atoms with Gasteiger partial charge in [0, 0.05) is 6.04 Å². The number of nitrogens with one attached hydrogen (secondary N) is 1. The number of rotatable bonds is 4. The zero-order valence-corrected chi connectivity index (χ0v) is 9.56. The molecule has 1 saturated heterocycles. The summed E-state index contributed by atoms with van der Waals surface area (Å²) in [6.07, 6.45) is 4.40. The molecule has 1 aliphatic carbocycles. The minimum absolute atomic E-state index is 0.438. The molecule has 2 heteroatoms. The summed E-state index contributed by atoms with van der Waals surface area (Å²) in [6, 6.07) is 11.1. The number of hydrogen-bond donors (Lipinski definition) is 1. The zero-order valence-electron chi connectivity index (χ0n) is 9.56. The van der Waals surface area contributed by atoms with Crippen LogP contribution in [0.5, 0.6) is 0 Å². The normalized spacial score (nSPS) is 29.5. The predicted molar refractivity (Wildman–Crippen MR) is 64.2 cm³/mol. The second-order valence-corrected chi connectivity index (χ2v) is 4.94. The van der Waals surface area contributed by atoms with E-state index >= 15 is 0 Å². The van der Waals surface area contributed by atoms with E-state index in [0.717, 1.165) is 19.1 Å². The molecule has 2 aliphatic rings. The van der Waals surface area contributed by atoms with Crippen LogP contribution in [0.1, 0.15) is 24.8 Å². The van der Waals surface area contributed by atoms with Crippen molar-refractivity contribution in [1.29, 1.82) is 0 Å². The third-order valence-corrected chi connectivity index (χ3v) is 3.65. The first-order valence-electron chi connectivity index (χ1n) is 6.32. The highest BCUT2D eigenvalue weighted by Crippen LogP contribution is 2.37. The van der Waals surface area contributed by atoms with Crippen LogP contribution in [0, 0.1) is 5.92 Å². The lowest BCUT2D eigenvalue weighted by atomic mass is 10.1. The smallest absolute Gasteiger partial charge is 0.0747 e. The molecule has 1 aromatic carbocycles. The van der Waals surface area contributed by atoms with Crippen LogP contribution in [-0.2, 0) is 11.3 Å². The Bertz CT molecular complexity index is 334. The quantitative estimate of drug-likeness (QED) is 0.836. The van der Waals surface area contributed by atoms with Gasteiger partial charge in [0.2, 0.25) is 0 Å². The Morgan fingerprint density at radius 1 is 1.12 bits per heavy atom. The molecule has 0 spiro atoms. The van der Waals surface area contributed by atoms with E-state index < -0.39 is 0 Å². The van der Waals surface area contributed by atoms with Gasteiger partial charge in [-0.15, -0.1) is 0 Å². The van der Waals surface area contributed by atoms with Gasteiger partial charge >= 0.3 is 0 Å². The van der Waals surface area contributed by atoms with Gasteiger partial charge in [-0.3, -0.25) is 0 Å². The van der Waals surface area contributed by atoms with Crippen molar-refractivity contribution in [2.75, 3.05) is 6.54 Å². The van der Waals surface area contributed by atoms with E-state index in [1.54, 1.807) is 0 Å². The third kappa shape index (κ3) is 2.28. The van der Waals surface area contributed by atoms with E-state index in [9.17, 15) is 0 Å². The Labute approximate surface area is 97.0 Å². The molecule has 16 heavy (non-hydrogen) atoms. The fourth-order valence-corrected chi connectivity index (χ4v) is 2.59. The highest BCUT2D eigenvalue weighted by Gasteiger charge is 2.39. The summed E-state index contributed by atoms with van der Waals surface area (Å²) < 4.78 is 6.04. The van der Waals surface area contributed by atoms with Crippen LogP contribution in [0.2, 0.25) is 0 Å². The Morgan fingerprint density at radius 2 is 1.94 bits per heavy atom. The highest BCUT2D eigenvalue weighted by molar-refractivity contribution is 5.13. The molecule has 2 unspecified atom stereocenters. The highest BCUT2D eigenvalue weighted by atomic mass is 16.5. The molecule has 1 N–H and O–H groups in total. The van der Waals surface area contributed by atoms with Gasteiger partial charge in [0.15, 0.2) is 0 Å².